The van der Waals surface area contributed by atoms with Gasteiger partial charge in [-0.25, -0.2) is 4.98 Å². The van der Waals surface area contributed by atoms with Gasteiger partial charge in [-0.2, -0.15) is 4.98 Å². The topological polar surface area (TPSA) is 49.8 Å². The number of hydrogen-bond donors (Lipinski definition) is 2. The van der Waals surface area contributed by atoms with Crippen LogP contribution in [0.2, 0.25) is 0 Å². The Morgan fingerprint density at radius 2 is 2.28 bits per heavy atom. The number of nitrogens with one attached hydrogen (secondary N) is 2. The van der Waals surface area contributed by atoms with Crippen molar-refractivity contribution in [3.05, 3.63) is 10.7 Å². The average Bonchev–Trinajstić information content (AvgIpc) is 3.14. The predicted octanol–water partition coefficient (Wildman–Crippen LogP) is 3.66. The second kappa shape index (κ2) is 6.36. The molecule has 0 amide bonds. The van der Waals surface area contributed by atoms with E-state index >= 15 is 0 Å². The smallest absolute Gasteiger partial charge is 0.224 e. The number of halogens is 1. The summed E-state index contributed by atoms with van der Waals surface area (Å²) in [6.07, 6.45) is 6.88. The fourth-order valence-electron chi connectivity index (χ4n) is 1.94. The van der Waals surface area contributed by atoms with Crippen LogP contribution in [0.1, 0.15) is 39.5 Å². The number of anilines is 2. The molecule has 2 rings (SSSR count). The molecule has 0 saturated heterocycles. The minimum Gasteiger partial charge on any atom is -0.367 e. The summed E-state index contributed by atoms with van der Waals surface area (Å²) in [6.45, 7) is 5.24. The van der Waals surface area contributed by atoms with Crippen LogP contribution in [-0.4, -0.2) is 22.6 Å². The molecule has 0 aliphatic heterocycles. The van der Waals surface area contributed by atoms with Gasteiger partial charge in [-0.1, -0.05) is 19.8 Å². The summed E-state index contributed by atoms with van der Waals surface area (Å²) in [5.74, 6) is 2.50. The van der Waals surface area contributed by atoms with E-state index in [1.807, 2.05) is 0 Å². The van der Waals surface area contributed by atoms with E-state index in [1.54, 1.807) is 6.20 Å². The Hall–Kier alpha value is -0.840. The molecule has 2 N–H and O–H groups in total. The van der Waals surface area contributed by atoms with Crippen molar-refractivity contribution in [2.24, 2.45) is 5.92 Å². The summed E-state index contributed by atoms with van der Waals surface area (Å²) in [6, 6.07) is 0.461. The minimum atomic E-state index is 0.461. The summed E-state index contributed by atoms with van der Waals surface area (Å²) < 4.78 is 0.923. The Balaban J connectivity index is 1.95. The highest BCUT2D eigenvalue weighted by atomic mass is 79.9. The van der Waals surface area contributed by atoms with E-state index in [4.69, 9.17) is 0 Å². The van der Waals surface area contributed by atoms with E-state index in [0.717, 1.165) is 29.2 Å². The van der Waals surface area contributed by atoms with Crippen molar-refractivity contribution < 1.29 is 0 Å². The molecule has 1 aromatic rings. The van der Waals surface area contributed by atoms with Gasteiger partial charge in [-0.05, 0) is 41.6 Å². The molecule has 0 radical (unpaired) electrons. The molecule has 1 aliphatic rings. The van der Waals surface area contributed by atoms with E-state index in [0.29, 0.717) is 12.0 Å². The zero-order chi connectivity index (χ0) is 13.0. The molecule has 18 heavy (non-hydrogen) atoms. The van der Waals surface area contributed by atoms with Crippen LogP contribution in [0.5, 0.6) is 0 Å². The Labute approximate surface area is 117 Å². The van der Waals surface area contributed by atoms with Crippen molar-refractivity contribution in [2.75, 3.05) is 17.2 Å². The standard InChI is InChI=1S/C13H21BrN4/c1-3-6-15-13-16-8-11(14)12(18-13)17-9(2)7-10-4-5-10/h8-10H,3-7H2,1-2H3,(H2,15,16,17,18). The Kier molecular flexibility index (Phi) is 4.80. The first kappa shape index (κ1) is 13.6. The van der Waals surface area contributed by atoms with E-state index < -0.39 is 0 Å². The lowest BCUT2D eigenvalue weighted by molar-refractivity contribution is 0.639. The van der Waals surface area contributed by atoms with Crippen LogP contribution in [0.25, 0.3) is 0 Å². The fourth-order valence-corrected chi connectivity index (χ4v) is 2.24. The number of aromatic nitrogens is 2. The molecular weight excluding hydrogens is 292 g/mol. The van der Waals surface area contributed by atoms with Crippen LogP contribution in [0.4, 0.5) is 11.8 Å². The fraction of sp³-hybridized carbons (Fsp3) is 0.692. The highest BCUT2D eigenvalue weighted by Crippen LogP contribution is 2.34. The molecule has 100 valence electrons. The molecule has 1 unspecified atom stereocenters. The maximum Gasteiger partial charge on any atom is 0.224 e. The molecule has 1 aromatic heterocycles. The molecule has 4 nitrogen and oxygen atoms in total. The van der Waals surface area contributed by atoms with Crippen molar-refractivity contribution in [1.82, 2.24) is 9.97 Å². The van der Waals surface area contributed by atoms with Crippen molar-refractivity contribution in [3.8, 4) is 0 Å². The highest BCUT2D eigenvalue weighted by molar-refractivity contribution is 9.10. The van der Waals surface area contributed by atoms with Crippen molar-refractivity contribution in [1.29, 1.82) is 0 Å². The summed E-state index contributed by atoms with van der Waals surface area (Å²) in [5.41, 5.74) is 0. The lowest BCUT2D eigenvalue weighted by atomic mass is 10.1. The zero-order valence-corrected chi connectivity index (χ0v) is 12.6. The third-order valence-electron chi connectivity index (χ3n) is 3.04. The first-order chi connectivity index (χ1) is 8.69. The Morgan fingerprint density at radius 3 is 2.94 bits per heavy atom. The van der Waals surface area contributed by atoms with Crippen LogP contribution in [0.3, 0.4) is 0 Å². The van der Waals surface area contributed by atoms with Gasteiger partial charge in [-0.15, -0.1) is 0 Å². The molecule has 1 fully saturated rings. The lowest BCUT2D eigenvalue weighted by Gasteiger charge is -2.15. The van der Waals surface area contributed by atoms with Crippen LogP contribution >= 0.6 is 15.9 Å². The van der Waals surface area contributed by atoms with E-state index in [9.17, 15) is 0 Å². The Morgan fingerprint density at radius 1 is 1.50 bits per heavy atom. The SMILES string of the molecule is CCCNc1ncc(Br)c(NC(C)CC2CC2)n1. The average molecular weight is 313 g/mol. The minimum absolute atomic E-state index is 0.461. The molecule has 1 aliphatic carbocycles. The van der Waals surface area contributed by atoms with Gasteiger partial charge in [0, 0.05) is 18.8 Å². The summed E-state index contributed by atoms with van der Waals surface area (Å²) in [7, 11) is 0. The molecule has 0 spiro atoms. The molecule has 5 heteroatoms. The molecule has 1 atom stereocenters. The number of rotatable bonds is 7. The van der Waals surface area contributed by atoms with Gasteiger partial charge in [0.05, 0.1) is 4.47 Å². The van der Waals surface area contributed by atoms with Crippen molar-refractivity contribution in [3.63, 3.8) is 0 Å². The summed E-state index contributed by atoms with van der Waals surface area (Å²) in [5, 5.41) is 6.67. The second-order valence-electron chi connectivity index (χ2n) is 5.04. The first-order valence-electron chi connectivity index (χ1n) is 6.72. The third-order valence-corrected chi connectivity index (χ3v) is 3.62. The molecule has 1 saturated carbocycles. The number of hydrogen-bond acceptors (Lipinski definition) is 4. The maximum absolute atomic E-state index is 4.50. The van der Waals surface area contributed by atoms with Gasteiger partial charge in [0.15, 0.2) is 0 Å². The maximum atomic E-state index is 4.50. The van der Waals surface area contributed by atoms with Gasteiger partial charge in [-0.3, -0.25) is 0 Å². The van der Waals surface area contributed by atoms with Crippen LogP contribution < -0.4 is 10.6 Å². The Bertz CT molecular complexity index is 393. The van der Waals surface area contributed by atoms with E-state index in [2.05, 4.69) is 50.4 Å². The lowest BCUT2D eigenvalue weighted by Crippen LogP contribution is -2.18. The normalized spacial score (nSPS) is 16.4. The van der Waals surface area contributed by atoms with Crippen LogP contribution in [-0.2, 0) is 0 Å². The van der Waals surface area contributed by atoms with Gasteiger partial charge in [0.25, 0.3) is 0 Å². The number of nitrogens with zero attached hydrogens (tertiary/aromatic N) is 2. The van der Waals surface area contributed by atoms with Gasteiger partial charge < -0.3 is 10.6 Å². The first-order valence-corrected chi connectivity index (χ1v) is 7.51. The van der Waals surface area contributed by atoms with Crippen molar-refractivity contribution >= 4 is 27.7 Å². The largest absolute Gasteiger partial charge is 0.367 e. The van der Waals surface area contributed by atoms with Crippen LogP contribution in [0, 0.1) is 5.92 Å². The van der Waals surface area contributed by atoms with E-state index in [1.165, 1.54) is 19.3 Å². The van der Waals surface area contributed by atoms with E-state index in [-0.39, 0.29) is 0 Å². The molecule has 1 heterocycles. The third kappa shape index (κ3) is 4.12. The quantitative estimate of drug-likeness (QED) is 0.806. The zero-order valence-electron chi connectivity index (χ0n) is 11.0. The predicted molar refractivity (Wildman–Crippen MR) is 78.9 cm³/mol. The van der Waals surface area contributed by atoms with Gasteiger partial charge >= 0.3 is 0 Å². The van der Waals surface area contributed by atoms with Gasteiger partial charge in [0.2, 0.25) is 5.95 Å². The van der Waals surface area contributed by atoms with Gasteiger partial charge in [0.1, 0.15) is 5.82 Å². The monoisotopic (exact) mass is 312 g/mol. The molecule has 0 bridgehead atoms. The molecule has 0 aromatic carbocycles. The summed E-state index contributed by atoms with van der Waals surface area (Å²) >= 11 is 3.49. The van der Waals surface area contributed by atoms with Crippen molar-refractivity contribution in [2.45, 2.75) is 45.6 Å². The molecular formula is C13H21BrN4. The second-order valence-corrected chi connectivity index (χ2v) is 5.90. The summed E-state index contributed by atoms with van der Waals surface area (Å²) in [4.78, 5) is 8.75. The highest BCUT2D eigenvalue weighted by Gasteiger charge is 2.23. The van der Waals surface area contributed by atoms with Crippen LogP contribution in [0.15, 0.2) is 10.7 Å².